The molecule has 3 rings (SSSR count). The highest BCUT2D eigenvalue weighted by Crippen LogP contribution is 2.29. The van der Waals surface area contributed by atoms with E-state index in [0.717, 1.165) is 27.9 Å². The fourth-order valence-electron chi connectivity index (χ4n) is 3.61. The SMILES string of the molecule is CCOC(=O)C(C)(C)Oc1c(C)cc(Cn2c(C)nn(-c3ccc(C)cc3)c2=O)cc1C. The van der Waals surface area contributed by atoms with E-state index < -0.39 is 11.6 Å². The highest BCUT2D eigenvalue weighted by atomic mass is 16.6. The van der Waals surface area contributed by atoms with E-state index in [4.69, 9.17) is 9.47 Å². The molecule has 7 nitrogen and oxygen atoms in total. The van der Waals surface area contributed by atoms with Gasteiger partial charge < -0.3 is 9.47 Å². The number of nitrogens with zero attached hydrogens (tertiary/aromatic N) is 3. The van der Waals surface area contributed by atoms with E-state index in [1.165, 1.54) is 4.68 Å². The van der Waals surface area contributed by atoms with Gasteiger partial charge in [0.05, 0.1) is 18.8 Å². The highest BCUT2D eigenvalue weighted by molar-refractivity contribution is 5.79. The van der Waals surface area contributed by atoms with Crippen molar-refractivity contribution in [2.24, 2.45) is 0 Å². The minimum absolute atomic E-state index is 0.189. The normalized spacial score (nSPS) is 11.5. The largest absolute Gasteiger partial charge is 0.476 e. The molecule has 0 spiro atoms. The molecule has 3 aromatic rings. The van der Waals surface area contributed by atoms with Crippen molar-refractivity contribution in [3.8, 4) is 11.4 Å². The monoisotopic (exact) mass is 437 g/mol. The van der Waals surface area contributed by atoms with E-state index in [2.05, 4.69) is 5.10 Å². The second kappa shape index (κ2) is 9.02. The molecule has 2 aromatic carbocycles. The van der Waals surface area contributed by atoms with Crippen LogP contribution in [0.3, 0.4) is 0 Å². The topological polar surface area (TPSA) is 75.3 Å². The van der Waals surface area contributed by atoms with Gasteiger partial charge in [0.25, 0.3) is 0 Å². The predicted molar refractivity (Wildman–Crippen MR) is 124 cm³/mol. The maximum absolute atomic E-state index is 13.0. The van der Waals surface area contributed by atoms with Gasteiger partial charge in [0.1, 0.15) is 11.6 Å². The third kappa shape index (κ3) is 4.77. The van der Waals surface area contributed by atoms with Crippen molar-refractivity contribution in [1.29, 1.82) is 0 Å². The van der Waals surface area contributed by atoms with Gasteiger partial charge in [-0.1, -0.05) is 29.8 Å². The molecule has 0 radical (unpaired) electrons. The summed E-state index contributed by atoms with van der Waals surface area (Å²) < 4.78 is 14.2. The van der Waals surface area contributed by atoms with Crippen LogP contribution < -0.4 is 10.4 Å². The van der Waals surface area contributed by atoms with Crippen LogP contribution in [0.2, 0.25) is 0 Å². The lowest BCUT2D eigenvalue weighted by molar-refractivity contribution is -0.158. The lowest BCUT2D eigenvalue weighted by Gasteiger charge is -2.26. The molecule has 7 heteroatoms. The lowest BCUT2D eigenvalue weighted by atomic mass is 10.0. The average Bonchev–Trinajstić information content (AvgIpc) is 3.00. The zero-order valence-electron chi connectivity index (χ0n) is 19.9. The van der Waals surface area contributed by atoms with Gasteiger partial charge in [-0.3, -0.25) is 4.57 Å². The van der Waals surface area contributed by atoms with Crippen molar-refractivity contribution in [2.75, 3.05) is 6.61 Å². The Hall–Kier alpha value is -3.35. The highest BCUT2D eigenvalue weighted by Gasteiger charge is 2.32. The molecule has 32 heavy (non-hydrogen) atoms. The van der Waals surface area contributed by atoms with Gasteiger partial charge in [0.2, 0.25) is 0 Å². The minimum atomic E-state index is -1.10. The molecule has 1 aromatic heterocycles. The average molecular weight is 438 g/mol. The first-order valence-electron chi connectivity index (χ1n) is 10.7. The Labute approximate surface area is 188 Å². The Morgan fingerprint density at radius 3 is 2.19 bits per heavy atom. The Morgan fingerprint density at radius 2 is 1.62 bits per heavy atom. The van der Waals surface area contributed by atoms with Crippen molar-refractivity contribution in [1.82, 2.24) is 14.3 Å². The molecule has 0 amide bonds. The molecule has 0 unspecified atom stereocenters. The number of hydrogen-bond acceptors (Lipinski definition) is 5. The van der Waals surface area contributed by atoms with Crippen molar-refractivity contribution >= 4 is 5.97 Å². The summed E-state index contributed by atoms with van der Waals surface area (Å²) in [7, 11) is 0. The van der Waals surface area contributed by atoms with E-state index in [1.807, 2.05) is 64.1 Å². The van der Waals surface area contributed by atoms with Crippen LogP contribution in [0.4, 0.5) is 0 Å². The maximum Gasteiger partial charge on any atom is 0.351 e. The second-order valence-corrected chi connectivity index (χ2v) is 8.55. The van der Waals surface area contributed by atoms with Gasteiger partial charge >= 0.3 is 11.7 Å². The molecule has 0 atom stereocenters. The summed E-state index contributed by atoms with van der Waals surface area (Å²) >= 11 is 0. The molecule has 1 heterocycles. The third-order valence-corrected chi connectivity index (χ3v) is 5.31. The summed E-state index contributed by atoms with van der Waals surface area (Å²) in [5.41, 5.74) is 3.29. The Kier molecular flexibility index (Phi) is 6.57. The van der Waals surface area contributed by atoms with Gasteiger partial charge in [-0.25, -0.2) is 9.59 Å². The van der Waals surface area contributed by atoms with Crippen LogP contribution in [0, 0.1) is 27.7 Å². The van der Waals surface area contributed by atoms with Crippen molar-refractivity contribution in [3.63, 3.8) is 0 Å². The number of aryl methyl sites for hydroxylation is 4. The molecule has 0 aliphatic carbocycles. The standard InChI is InChI=1S/C25H31N3O4/c1-8-31-23(29)25(6,7)32-22-17(3)13-20(14-18(22)4)15-27-19(5)26-28(24(27)30)21-11-9-16(2)10-12-21/h9-14H,8,15H2,1-7H3. The minimum Gasteiger partial charge on any atom is -0.476 e. The summed E-state index contributed by atoms with van der Waals surface area (Å²) in [4.78, 5) is 25.2. The third-order valence-electron chi connectivity index (χ3n) is 5.31. The first kappa shape index (κ1) is 23.3. The number of carbonyl (C=O) groups is 1. The van der Waals surface area contributed by atoms with E-state index in [1.54, 1.807) is 25.3 Å². The van der Waals surface area contributed by atoms with Crippen LogP contribution in [-0.2, 0) is 16.1 Å². The molecule has 170 valence electrons. The summed E-state index contributed by atoms with van der Waals surface area (Å²) in [6, 6.07) is 11.6. The number of hydrogen-bond donors (Lipinski definition) is 0. The lowest BCUT2D eigenvalue weighted by Crippen LogP contribution is -2.40. The smallest absolute Gasteiger partial charge is 0.351 e. The molecular weight excluding hydrogens is 406 g/mol. The number of aromatic nitrogens is 3. The van der Waals surface area contributed by atoms with E-state index in [9.17, 15) is 9.59 Å². The molecule has 0 saturated carbocycles. The second-order valence-electron chi connectivity index (χ2n) is 8.55. The van der Waals surface area contributed by atoms with Crippen molar-refractivity contribution < 1.29 is 14.3 Å². The van der Waals surface area contributed by atoms with Crippen molar-refractivity contribution in [3.05, 3.63) is 75.0 Å². The molecule has 0 saturated heterocycles. The number of carbonyl (C=O) groups excluding carboxylic acids is 1. The predicted octanol–water partition coefficient (Wildman–Crippen LogP) is 4.04. The fourth-order valence-corrected chi connectivity index (χ4v) is 3.61. The molecule has 0 fully saturated rings. The molecule has 0 aliphatic rings. The van der Waals surface area contributed by atoms with Crippen LogP contribution in [-0.4, -0.2) is 32.5 Å². The van der Waals surface area contributed by atoms with Crippen LogP contribution in [0.5, 0.6) is 5.75 Å². The van der Waals surface area contributed by atoms with Gasteiger partial charge in [-0.05, 0) is 77.3 Å². The summed E-state index contributed by atoms with van der Waals surface area (Å²) in [5, 5.41) is 4.45. The molecular formula is C25H31N3O4. The fraction of sp³-hybridized carbons (Fsp3) is 0.400. The van der Waals surface area contributed by atoms with Crippen molar-refractivity contribution in [2.45, 2.75) is 60.6 Å². The number of rotatable bonds is 7. The van der Waals surface area contributed by atoms with E-state index in [-0.39, 0.29) is 5.69 Å². The van der Waals surface area contributed by atoms with Gasteiger partial charge in [-0.15, -0.1) is 0 Å². The van der Waals surface area contributed by atoms with Crippen LogP contribution in [0.15, 0.2) is 41.2 Å². The summed E-state index contributed by atoms with van der Waals surface area (Å²) in [6.45, 7) is 13.5. The van der Waals surface area contributed by atoms with Gasteiger partial charge in [0.15, 0.2) is 5.60 Å². The maximum atomic E-state index is 13.0. The first-order valence-corrected chi connectivity index (χ1v) is 10.7. The van der Waals surface area contributed by atoms with Gasteiger partial charge in [-0.2, -0.15) is 9.78 Å². The number of esters is 1. The molecule has 0 bridgehead atoms. The summed E-state index contributed by atoms with van der Waals surface area (Å²) in [6.07, 6.45) is 0. The Morgan fingerprint density at radius 1 is 1.03 bits per heavy atom. The quantitative estimate of drug-likeness (QED) is 0.522. The van der Waals surface area contributed by atoms with Crippen LogP contribution in [0.25, 0.3) is 5.69 Å². The molecule has 0 N–H and O–H groups in total. The van der Waals surface area contributed by atoms with Crippen LogP contribution >= 0.6 is 0 Å². The zero-order chi connectivity index (χ0) is 23.6. The van der Waals surface area contributed by atoms with Gasteiger partial charge in [0, 0.05) is 0 Å². The Balaban J connectivity index is 1.89. The van der Waals surface area contributed by atoms with E-state index in [0.29, 0.717) is 24.7 Å². The zero-order valence-corrected chi connectivity index (χ0v) is 19.9. The Bertz CT molecular complexity index is 1160. The summed E-state index contributed by atoms with van der Waals surface area (Å²) in [5.74, 6) is 0.870. The first-order chi connectivity index (χ1) is 15.0. The number of ether oxygens (including phenoxy) is 2. The molecule has 0 aliphatic heterocycles. The van der Waals surface area contributed by atoms with Crippen LogP contribution in [0.1, 0.15) is 48.8 Å². The van der Waals surface area contributed by atoms with E-state index >= 15 is 0 Å². The number of benzene rings is 2.